The predicted molar refractivity (Wildman–Crippen MR) is 150 cm³/mol. The minimum absolute atomic E-state index is 0.223. The smallest absolute Gasteiger partial charge is 0.338 e. The number of esters is 1. The standard InChI is InChI=1S/C30H34N2O5S/c1-17(2)16-37-23-13-8-20(14-24(23)35-6)15-25-28(33)32-27(22-11-9-21(10-12-22)18(3)4)26(29(34)36-7)19(5)31-30(32)38-25/h8-15,17-18,27H,16H2,1-7H3/b25-15+. The van der Waals surface area contributed by atoms with E-state index in [2.05, 4.69) is 32.7 Å². The number of thiazole rings is 1. The van der Waals surface area contributed by atoms with Crippen molar-refractivity contribution in [3.05, 3.63) is 90.1 Å². The highest BCUT2D eigenvalue weighted by molar-refractivity contribution is 7.07. The van der Waals surface area contributed by atoms with Crippen LogP contribution in [0, 0.1) is 5.92 Å². The monoisotopic (exact) mass is 534 g/mol. The second kappa shape index (κ2) is 11.4. The average molecular weight is 535 g/mol. The van der Waals surface area contributed by atoms with Gasteiger partial charge in [0.25, 0.3) is 5.56 Å². The molecule has 7 nitrogen and oxygen atoms in total. The van der Waals surface area contributed by atoms with E-state index in [0.717, 1.165) is 11.1 Å². The quantitative estimate of drug-likeness (QED) is 0.396. The normalized spacial score (nSPS) is 15.5. The molecule has 0 saturated carbocycles. The molecule has 8 heteroatoms. The summed E-state index contributed by atoms with van der Waals surface area (Å²) in [4.78, 5) is 31.8. The lowest BCUT2D eigenvalue weighted by Gasteiger charge is -2.24. The van der Waals surface area contributed by atoms with E-state index in [1.54, 1.807) is 18.6 Å². The molecule has 1 atom stereocenters. The van der Waals surface area contributed by atoms with E-state index in [0.29, 0.717) is 50.5 Å². The minimum Gasteiger partial charge on any atom is -0.493 e. The first kappa shape index (κ1) is 27.4. The van der Waals surface area contributed by atoms with Gasteiger partial charge in [-0.15, -0.1) is 0 Å². The van der Waals surface area contributed by atoms with Gasteiger partial charge in [-0.05, 0) is 53.7 Å². The number of methoxy groups -OCH3 is 2. The van der Waals surface area contributed by atoms with Crippen LogP contribution in [0.5, 0.6) is 11.5 Å². The number of ether oxygens (including phenoxy) is 3. The maximum absolute atomic E-state index is 13.8. The van der Waals surface area contributed by atoms with Gasteiger partial charge in [-0.3, -0.25) is 9.36 Å². The van der Waals surface area contributed by atoms with Crippen LogP contribution in [0.15, 0.2) is 63.5 Å². The van der Waals surface area contributed by atoms with E-state index in [9.17, 15) is 9.59 Å². The van der Waals surface area contributed by atoms with Gasteiger partial charge in [0.15, 0.2) is 16.3 Å². The lowest BCUT2D eigenvalue weighted by molar-refractivity contribution is -0.136. The van der Waals surface area contributed by atoms with E-state index >= 15 is 0 Å². The van der Waals surface area contributed by atoms with Crippen LogP contribution in [-0.2, 0) is 9.53 Å². The summed E-state index contributed by atoms with van der Waals surface area (Å²) in [5.74, 6) is 1.50. The first-order valence-corrected chi connectivity index (χ1v) is 13.5. The molecule has 2 aromatic carbocycles. The van der Waals surface area contributed by atoms with Gasteiger partial charge < -0.3 is 14.2 Å². The molecule has 0 radical (unpaired) electrons. The van der Waals surface area contributed by atoms with Gasteiger partial charge >= 0.3 is 5.97 Å². The first-order valence-electron chi connectivity index (χ1n) is 12.7. The first-order chi connectivity index (χ1) is 18.1. The molecule has 1 aliphatic heterocycles. The molecule has 1 unspecified atom stereocenters. The van der Waals surface area contributed by atoms with Crippen molar-refractivity contribution in [2.75, 3.05) is 20.8 Å². The molecule has 4 rings (SSSR count). The number of benzene rings is 2. The van der Waals surface area contributed by atoms with Crippen molar-refractivity contribution < 1.29 is 19.0 Å². The summed E-state index contributed by atoms with van der Waals surface area (Å²) in [6.45, 7) is 10.8. The van der Waals surface area contributed by atoms with Crippen LogP contribution in [0.3, 0.4) is 0 Å². The molecule has 38 heavy (non-hydrogen) atoms. The summed E-state index contributed by atoms with van der Waals surface area (Å²) < 4.78 is 18.6. The zero-order chi connectivity index (χ0) is 27.6. The van der Waals surface area contributed by atoms with Gasteiger partial charge in [-0.25, -0.2) is 9.79 Å². The number of fused-ring (bicyclic) bond motifs is 1. The fourth-order valence-electron chi connectivity index (χ4n) is 4.37. The van der Waals surface area contributed by atoms with Gasteiger partial charge in [0, 0.05) is 0 Å². The number of hydrogen-bond donors (Lipinski definition) is 0. The Labute approximate surface area is 226 Å². The molecule has 1 aromatic heterocycles. The van der Waals surface area contributed by atoms with Crippen LogP contribution in [0.25, 0.3) is 6.08 Å². The van der Waals surface area contributed by atoms with Crippen molar-refractivity contribution in [2.45, 2.75) is 46.6 Å². The van der Waals surface area contributed by atoms with Crippen LogP contribution in [0.4, 0.5) is 0 Å². The van der Waals surface area contributed by atoms with Crippen molar-refractivity contribution in [1.29, 1.82) is 0 Å². The molecular weight excluding hydrogens is 500 g/mol. The summed E-state index contributed by atoms with van der Waals surface area (Å²) in [5, 5.41) is 0. The molecule has 0 fully saturated rings. The molecule has 200 valence electrons. The Morgan fingerprint density at radius 2 is 1.79 bits per heavy atom. The van der Waals surface area contributed by atoms with E-state index in [1.807, 2.05) is 48.5 Å². The Balaban J connectivity index is 1.84. The Hall–Kier alpha value is -3.65. The van der Waals surface area contributed by atoms with E-state index in [-0.39, 0.29) is 5.56 Å². The lowest BCUT2D eigenvalue weighted by Crippen LogP contribution is -2.39. The van der Waals surface area contributed by atoms with Crippen LogP contribution in [0.1, 0.15) is 63.3 Å². The zero-order valence-electron chi connectivity index (χ0n) is 22.9. The van der Waals surface area contributed by atoms with Crippen LogP contribution in [0.2, 0.25) is 0 Å². The highest BCUT2D eigenvalue weighted by atomic mass is 32.1. The van der Waals surface area contributed by atoms with Crippen LogP contribution < -0.4 is 24.4 Å². The van der Waals surface area contributed by atoms with E-state index in [1.165, 1.54) is 24.0 Å². The summed E-state index contributed by atoms with van der Waals surface area (Å²) in [5.41, 5.74) is 3.47. The zero-order valence-corrected chi connectivity index (χ0v) is 23.7. The number of nitrogens with zero attached hydrogens (tertiary/aromatic N) is 2. The number of allylic oxidation sites excluding steroid dienone is 1. The van der Waals surface area contributed by atoms with E-state index < -0.39 is 12.0 Å². The molecule has 0 amide bonds. The molecular formula is C30H34N2O5S. The van der Waals surface area contributed by atoms with Crippen LogP contribution in [-0.4, -0.2) is 31.4 Å². The van der Waals surface area contributed by atoms with Gasteiger partial charge in [0.1, 0.15) is 0 Å². The van der Waals surface area contributed by atoms with Crippen molar-refractivity contribution in [3.8, 4) is 11.5 Å². The fraction of sp³-hybridized carbons (Fsp3) is 0.367. The second-order valence-electron chi connectivity index (χ2n) is 10.0. The molecule has 1 aliphatic rings. The average Bonchev–Trinajstić information content (AvgIpc) is 3.20. The number of hydrogen-bond acceptors (Lipinski definition) is 7. The van der Waals surface area contributed by atoms with Crippen molar-refractivity contribution in [3.63, 3.8) is 0 Å². The third-order valence-corrected chi connectivity index (χ3v) is 7.39. The number of carbonyl (C=O) groups is 1. The highest BCUT2D eigenvalue weighted by Crippen LogP contribution is 2.32. The maximum atomic E-state index is 13.8. The Bertz CT molecular complexity index is 1540. The van der Waals surface area contributed by atoms with Crippen LogP contribution >= 0.6 is 11.3 Å². The third kappa shape index (κ3) is 5.45. The van der Waals surface area contributed by atoms with Gasteiger partial charge in [0.05, 0.1) is 42.7 Å². The van der Waals surface area contributed by atoms with Gasteiger partial charge in [0.2, 0.25) is 0 Å². The van der Waals surface area contributed by atoms with Crippen molar-refractivity contribution >= 4 is 23.4 Å². The topological polar surface area (TPSA) is 79.1 Å². The summed E-state index contributed by atoms with van der Waals surface area (Å²) in [6.07, 6.45) is 1.81. The fourth-order valence-corrected chi connectivity index (χ4v) is 5.42. The molecule has 0 bridgehead atoms. The van der Waals surface area contributed by atoms with Crippen molar-refractivity contribution in [2.24, 2.45) is 10.9 Å². The summed E-state index contributed by atoms with van der Waals surface area (Å²) >= 11 is 1.29. The predicted octanol–water partition coefficient (Wildman–Crippen LogP) is 4.58. The molecule has 0 saturated heterocycles. The third-order valence-electron chi connectivity index (χ3n) is 6.40. The van der Waals surface area contributed by atoms with E-state index in [4.69, 9.17) is 14.2 Å². The second-order valence-corrected chi connectivity index (χ2v) is 11.0. The van der Waals surface area contributed by atoms with Crippen molar-refractivity contribution in [1.82, 2.24) is 4.57 Å². The minimum atomic E-state index is -0.636. The van der Waals surface area contributed by atoms with Gasteiger partial charge in [-0.2, -0.15) is 0 Å². The Morgan fingerprint density at radius 3 is 2.39 bits per heavy atom. The number of carbonyl (C=O) groups excluding carboxylic acids is 1. The maximum Gasteiger partial charge on any atom is 0.338 e. The highest BCUT2D eigenvalue weighted by Gasteiger charge is 2.33. The Morgan fingerprint density at radius 1 is 1.08 bits per heavy atom. The SMILES string of the molecule is COC(=O)C1=C(C)N=c2s/c(=C/c3ccc(OCC(C)C)c(OC)c3)c(=O)n2C1c1ccc(C(C)C)cc1. The lowest BCUT2D eigenvalue weighted by atomic mass is 9.93. The summed E-state index contributed by atoms with van der Waals surface area (Å²) in [6, 6.07) is 13.0. The molecule has 3 aromatic rings. The van der Waals surface area contributed by atoms with Gasteiger partial charge in [-0.1, -0.05) is 69.4 Å². The number of aromatic nitrogens is 1. The summed E-state index contributed by atoms with van der Waals surface area (Å²) in [7, 11) is 2.94. The molecule has 0 spiro atoms. The molecule has 0 aliphatic carbocycles. The molecule has 2 heterocycles. The molecule has 0 N–H and O–H groups in total. The Kier molecular flexibility index (Phi) is 8.21. The largest absolute Gasteiger partial charge is 0.493 e. The number of rotatable bonds is 8.